The maximum absolute atomic E-state index is 11.8. The second kappa shape index (κ2) is 5.59. The van der Waals surface area contributed by atoms with Crippen LogP contribution in [0.25, 0.3) is 0 Å². The topological polar surface area (TPSA) is 57.2 Å². The third-order valence-electron chi connectivity index (χ3n) is 4.53. The molecule has 4 heteroatoms. The van der Waals surface area contributed by atoms with Crippen LogP contribution in [0.5, 0.6) is 0 Å². The molecule has 2 aliphatic rings. The maximum Gasteiger partial charge on any atom is 0.287 e. The van der Waals surface area contributed by atoms with E-state index in [-0.39, 0.29) is 5.91 Å². The fraction of sp³-hybridized carbons (Fsp3) is 0.600. The summed E-state index contributed by atoms with van der Waals surface area (Å²) in [6.07, 6.45) is 10.6. The predicted octanol–water partition coefficient (Wildman–Crippen LogP) is 3.09. The molecule has 19 heavy (non-hydrogen) atoms. The summed E-state index contributed by atoms with van der Waals surface area (Å²) in [5, 5.41) is 4.33. The molecular weight excluding hydrogens is 238 g/mol. The van der Waals surface area contributed by atoms with Crippen LogP contribution in [-0.4, -0.2) is 16.6 Å². The van der Waals surface area contributed by atoms with Crippen LogP contribution >= 0.6 is 0 Å². The molecular formula is C15H21N3O. The maximum atomic E-state index is 11.8. The highest BCUT2D eigenvalue weighted by molar-refractivity contribution is 5.94. The van der Waals surface area contributed by atoms with Crippen LogP contribution < -0.4 is 5.43 Å². The number of hydrogen-bond donors (Lipinski definition) is 2. The molecule has 2 aliphatic carbocycles. The molecule has 0 saturated heterocycles. The quantitative estimate of drug-likeness (QED) is 0.788. The summed E-state index contributed by atoms with van der Waals surface area (Å²) < 4.78 is 0. The molecule has 0 bridgehead atoms. The van der Waals surface area contributed by atoms with Gasteiger partial charge in [0.2, 0.25) is 0 Å². The smallest absolute Gasteiger partial charge is 0.287 e. The van der Waals surface area contributed by atoms with E-state index in [0.717, 1.165) is 24.7 Å². The zero-order chi connectivity index (χ0) is 13.1. The molecule has 1 amide bonds. The molecule has 2 fully saturated rings. The van der Waals surface area contributed by atoms with Crippen molar-refractivity contribution < 1.29 is 4.79 Å². The van der Waals surface area contributed by atoms with Gasteiger partial charge in [0.25, 0.3) is 5.91 Å². The van der Waals surface area contributed by atoms with Gasteiger partial charge >= 0.3 is 0 Å². The monoisotopic (exact) mass is 259 g/mol. The first-order valence-corrected chi connectivity index (χ1v) is 7.32. The van der Waals surface area contributed by atoms with Crippen molar-refractivity contribution >= 4 is 11.6 Å². The largest absolute Gasteiger partial charge is 0.357 e. The van der Waals surface area contributed by atoms with Crippen molar-refractivity contribution in [2.45, 2.75) is 44.9 Å². The second-order valence-corrected chi connectivity index (χ2v) is 5.75. The number of carbonyl (C=O) groups excluding carboxylic acids is 1. The van der Waals surface area contributed by atoms with Crippen LogP contribution in [0.4, 0.5) is 0 Å². The van der Waals surface area contributed by atoms with Gasteiger partial charge in [0.1, 0.15) is 5.69 Å². The normalized spacial score (nSPS) is 28.9. The van der Waals surface area contributed by atoms with E-state index in [9.17, 15) is 4.79 Å². The third kappa shape index (κ3) is 2.88. The van der Waals surface area contributed by atoms with Crippen molar-refractivity contribution in [1.82, 2.24) is 10.4 Å². The van der Waals surface area contributed by atoms with Gasteiger partial charge in [0.15, 0.2) is 0 Å². The molecule has 0 unspecified atom stereocenters. The highest BCUT2D eigenvalue weighted by atomic mass is 16.2. The van der Waals surface area contributed by atoms with Gasteiger partial charge in [-0.2, -0.15) is 5.10 Å². The summed E-state index contributed by atoms with van der Waals surface area (Å²) >= 11 is 0. The van der Waals surface area contributed by atoms with Crippen molar-refractivity contribution in [3.8, 4) is 0 Å². The Morgan fingerprint density at radius 1 is 1.26 bits per heavy atom. The Morgan fingerprint density at radius 3 is 2.89 bits per heavy atom. The standard InChI is InChI=1S/C15H21N3O/c19-15(14-6-3-9-16-14)18-17-13-8-7-11-4-1-2-5-12(11)10-13/h3,6,9,11-12,16H,1-2,4-5,7-8,10H2,(H,18,19)/b17-13+/t11-,12-/m0/s1. The SMILES string of the molecule is O=C(N/N=C1\CC[C@@H]2CCCC[C@H]2C1)c1ccc[nH]1. The van der Waals surface area contributed by atoms with Gasteiger partial charge in [-0.1, -0.05) is 19.3 Å². The minimum atomic E-state index is -0.150. The fourth-order valence-corrected chi connectivity index (χ4v) is 3.45. The Kier molecular flexibility index (Phi) is 3.67. The van der Waals surface area contributed by atoms with E-state index in [1.807, 2.05) is 6.07 Å². The highest BCUT2D eigenvalue weighted by Gasteiger charge is 2.30. The zero-order valence-corrected chi connectivity index (χ0v) is 11.2. The number of aromatic amines is 1. The van der Waals surface area contributed by atoms with E-state index in [0.29, 0.717) is 5.69 Å². The summed E-state index contributed by atoms with van der Waals surface area (Å²) in [7, 11) is 0. The Balaban J connectivity index is 1.57. The first-order valence-electron chi connectivity index (χ1n) is 7.32. The average molecular weight is 259 g/mol. The number of H-pyrrole nitrogens is 1. The summed E-state index contributed by atoms with van der Waals surface area (Å²) in [5.41, 5.74) is 4.40. The van der Waals surface area contributed by atoms with Crippen LogP contribution in [0, 0.1) is 11.8 Å². The number of rotatable bonds is 2. The lowest BCUT2D eigenvalue weighted by Crippen LogP contribution is -2.29. The summed E-state index contributed by atoms with van der Waals surface area (Å²) in [6.45, 7) is 0. The van der Waals surface area contributed by atoms with Crippen LogP contribution in [0.15, 0.2) is 23.4 Å². The van der Waals surface area contributed by atoms with Gasteiger partial charge < -0.3 is 4.98 Å². The molecule has 0 aromatic carbocycles. The molecule has 0 aliphatic heterocycles. The molecule has 102 valence electrons. The Labute approximate surface area is 113 Å². The lowest BCUT2D eigenvalue weighted by atomic mass is 9.70. The molecule has 4 nitrogen and oxygen atoms in total. The number of aromatic nitrogens is 1. The summed E-state index contributed by atoms with van der Waals surface area (Å²) in [4.78, 5) is 14.7. The summed E-state index contributed by atoms with van der Waals surface area (Å²) in [5.74, 6) is 1.57. The first kappa shape index (κ1) is 12.5. The number of carbonyl (C=O) groups is 1. The Hall–Kier alpha value is -1.58. The van der Waals surface area contributed by atoms with Crippen molar-refractivity contribution in [1.29, 1.82) is 0 Å². The number of amides is 1. The third-order valence-corrected chi connectivity index (χ3v) is 4.53. The number of hydrazone groups is 1. The van der Waals surface area contributed by atoms with Gasteiger partial charge in [0.05, 0.1) is 0 Å². The molecule has 1 heterocycles. The highest BCUT2D eigenvalue weighted by Crippen LogP contribution is 2.39. The molecule has 2 N–H and O–H groups in total. The predicted molar refractivity (Wildman–Crippen MR) is 75.0 cm³/mol. The number of hydrogen-bond acceptors (Lipinski definition) is 2. The molecule has 1 aromatic heterocycles. The molecule has 0 radical (unpaired) electrons. The van der Waals surface area contributed by atoms with E-state index in [2.05, 4.69) is 15.5 Å². The van der Waals surface area contributed by atoms with E-state index in [1.165, 1.54) is 37.8 Å². The van der Waals surface area contributed by atoms with Gasteiger partial charge in [-0.25, -0.2) is 5.43 Å². The molecule has 2 saturated carbocycles. The van der Waals surface area contributed by atoms with E-state index < -0.39 is 0 Å². The second-order valence-electron chi connectivity index (χ2n) is 5.75. The van der Waals surface area contributed by atoms with Gasteiger partial charge in [0, 0.05) is 11.9 Å². The van der Waals surface area contributed by atoms with Crippen LogP contribution in [0.1, 0.15) is 55.4 Å². The molecule has 3 rings (SSSR count). The number of nitrogens with zero attached hydrogens (tertiary/aromatic N) is 1. The molecule has 0 spiro atoms. The lowest BCUT2D eigenvalue weighted by molar-refractivity contribution is 0.0949. The van der Waals surface area contributed by atoms with Crippen molar-refractivity contribution in [2.75, 3.05) is 0 Å². The average Bonchev–Trinajstić information content (AvgIpc) is 2.99. The number of nitrogens with one attached hydrogen (secondary N) is 2. The number of fused-ring (bicyclic) bond motifs is 1. The zero-order valence-electron chi connectivity index (χ0n) is 11.2. The lowest BCUT2D eigenvalue weighted by Gasteiger charge is -2.35. The van der Waals surface area contributed by atoms with Crippen molar-refractivity contribution in [3.63, 3.8) is 0 Å². The van der Waals surface area contributed by atoms with Gasteiger partial charge in [-0.15, -0.1) is 0 Å². The Bertz CT molecular complexity index is 464. The summed E-state index contributed by atoms with van der Waals surface area (Å²) in [6, 6.07) is 3.57. The minimum absolute atomic E-state index is 0.150. The van der Waals surface area contributed by atoms with Gasteiger partial charge in [-0.3, -0.25) is 4.79 Å². The Morgan fingerprint density at radius 2 is 2.11 bits per heavy atom. The van der Waals surface area contributed by atoms with E-state index in [4.69, 9.17) is 0 Å². The first-order chi connectivity index (χ1) is 9.33. The van der Waals surface area contributed by atoms with E-state index >= 15 is 0 Å². The van der Waals surface area contributed by atoms with E-state index in [1.54, 1.807) is 12.3 Å². The van der Waals surface area contributed by atoms with Crippen LogP contribution in [-0.2, 0) is 0 Å². The van der Waals surface area contributed by atoms with Crippen LogP contribution in [0.2, 0.25) is 0 Å². The molecule has 2 atom stereocenters. The molecule has 1 aromatic rings. The van der Waals surface area contributed by atoms with Gasteiger partial charge in [-0.05, 0) is 49.7 Å². The van der Waals surface area contributed by atoms with Crippen molar-refractivity contribution in [3.05, 3.63) is 24.0 Å². The minimum Gasteiger partial charge on any atom is -0.357 e. The van der Waals surface area contributed by atoms with Crippen LogP contribution in [0.3, 0.4) is 0 Å². The fourth-order valence-electron chi connectivity index (χ4n) is 3.45. The van der Waals surface area contributed by atoms with Crippen molar-refractivity contribution in [2.24, 2.45) is 16.9 Å².